The Hall–Kier alpha value is -2.38. The summed E-state index contributed by atoms with van der Waals surface area (Å²) >= 11 is 0. The van der Waals surface area contributed by atoms with E-state index in [1.54, 1.807) is 0 Å². The Bertz CT molecular complexity index is 1020. The lowest BCUT2D eigenvalue weighted by Gasteiger charge is -2.41. The monoisotopic (exact) mass is 579 g/mol. The van der Waals surface area contributed by atoms with Gasteiger partial charge in [-0.15, -0.1) is 0 Å². The molecule has 0 bridgehead atoms. The maximum Gasteiger partial charge on any atom is 0.321 e. The number of likely N-dealkylation sites (tertiary alicyclic amines) is 2. The summed E-state index contributed by atoms with van der Waals surface area (Å²) in [5.41, 5.74) is 5.60. The molecule has 2 saturated heterocycles. The van der Waals surface area contributed by atoms with Crippen LogP contribution in [0.15, 0.2) is 47.8 Å². The number of nitrogens with one attached hydrogen (secondary N) is 1. The molecule has 3 fully saturated rings. The molecule has 0 amide bonds. The maximum atomic E-state index is 12.3. The molecule has 2 aliphatic heterocycles. The Labute approximate surface area is 255 Å². The zero-order valence-electron chi connectivity index (χ0n) is 26.8. The first-order valence-corrected chi connectivity index (χ1v) is 16.9. The van der Waals surface area contributed by atoms with Crippen molar-refractivity contribution in [2.24, 2.45) is 28.8 Å². The molecule has 1 saturated carbocycles. The van der Waals surface area contributed by atoms with Gasteiger partial charge in [-0.05, 0) is 61.8 Å². The minimum Gasteiger partial charge on any atom is -0.480 e. The van der Waals surface area contributed by atoms with Crippen LogP contribution in [0.5, 0.6) is 0 Å². The summed E-state index contributed by atoms with van der Waals surface area (Å²) in [4.78, 5) is 19.7. The number of aliphatic carboxylic acids is 1. The summed E-state index contributed by atoms with van der Waals surface area (Å²) in [6, 6.07) is 10.6. The van der Waals surface area contributed by atoms with E-state index in [-0.39, 0.29) is 6.04 Å². The van der Waals surface area contributed by atoms with Gasteiger partial charge in [-0.1, -0.05) is 83.9 Å². The Balaban J connectivity index is 1.31. The third-order valence-electron chi connectivity index (χ3n) is 10.3. The predicted octanol–water partition coefficient (Wildman–Crippen LogP) is 6.28. The number of carbonyl (C=O) groups is 1. The minimum atomic E-state index is -0.607. The third-order valence-corrected chi connectivity index (χ3v) is 10.3. The van der Waals surface area contributed by atoms with Crippen molar-refractivity contribution in [3.05, 3.63) is 48.3 Å². The topological polar surface area (TPSA) is 71.4 Å². The number of hydrazone groups is 1. The highest BCUT2D eigenvalue weighted by Crippen LogP contribution is 2.34. The average Bonchev–Trinajstić information content (AvgIpc) is 3.35. The number of nitrogens with zero attached hydrogens (tertiary/aromatic N) is 4. The fourth-order valence-electron chi connectivity index (χ4n) is 7.62. The number of carboxylic acids is 1. The van der Waals surface area contributed by atoms with E-state index in [0.717, 1.165) is 94.9 Å². The van der Waals surface area contributed by atoms with Gasteiger partial charge in [0.1, 0.15) is 11.9 Å². The van der Waals surface area contributed by atoms with Crippen molar-refractivity contribution >= 4 is 11.7 Å². The van der Waals surface area contributed by atoms with E-state index in [4.69, 9.17) is 5.10 Å². The molecule has 0 aromatic heterocycles. The van der Waals surface area contributed by atoms with Gasteiger partial charge in [0.15, 0.2) is 0 Å². The first-order chi connectivity index (χ1) is 20.3. The number of hydrogen-bond acceptors (Lipinski definition) is 6. The van der Waals surface area contributed by atoms with Crippen LogP contribution in [0.1, 0.15) is 91.0 Å². The molecule has 1 aromatic carbocycles. The third kappa shape index (κ3) is 8.37. The highest BCUT2D eigenvalue weighted by molar-refractivity contribution is 6.01. The molecule has 4 atom stereocenters. The molecule has 1 aliphatic carbocycles. The zero-order valence-corrected chi connectivity index (χ0v) is 26.8. The van der Waals surface area contributed by atoms with Crippen molar-refractivity contribution in [3.63, 3.8) is 0 Å². The first-order valence-electron chi connectivity index (χ1n) is 16.9. The van der Waals surface area contributed by atoms with Crippen LogP contribution < -0.4 is 5.43 Å². The van der Waals surface area contributed by atoms with Gasteiger partial charge in [0.25, 0.3) is 0 Å². The number of carboxylic acid groups (broad SMARTS) is 1. The molecule has 0 spiro atoms. The normalized spacial score (nSPS) is 24.8. The van der Waals surface area contributed by atoms with Crippen LogP contribution in [0.4, 0.5) is 0 Å². The maximum absolute atomic E-state index is 12.3. The molecule has 234 valence electrons. The van der Waals surface area contributed by atoms with Gasteiger partial charge in [-0.2, -0.15) is 5.10 Å². The summed E-state index contributed by atoms with van der Waals surface area (Å²) in [7, 11) is 0. The van der Waals surface area contributed by atoms with E-state index in [9.17, 15) is 9.90 Å². The number of piperidine rings is 1. The lowest BCUT2D eigenvalue weighted by molar-refractivity contribution is -0.145. The fraction of sp³-hybridized carbons (Fsp3) is 0.714. The minimum absolute atomic E-state index is 0.296. The molecule has 0 radical (unpaired) electrons. The Morgan fingerprint density at radius 1 is 1.10 bits per heavy atom. The van der Waals surface area contributed by atoms with E-state index in [1.807, 2.05) is 6.07 Å². The summed E-state index contributed by atoms with van der Waals surface area (Å²) < 4.78 is 0. The van der Waals surface area contributed by atoms with E-state index in [2.05, 4.69) is 78.7 Å². The highest BCUT2D eigenvalue weighted by atomic mass is 16.4. The molecular formula is C35H57N5O2. The Morgan fingerprint density at radius 3 is 2.40 bits per heavy atom. The average molecular weight is 580 g/mol. The molecule has 42 heavy (non-hydrogen) atoms. The quantitative estimate of drug-likeness (QED) is 0.200. The molecule has 3 aliphatic rings. The number of hydrogen-bond donors (Lipinski definition) is 2. The van der Waals surface area contributed by atoms with Crippen molar-refractivity contribution in [1.82, 2.24) is 20.1 Å². The van der Waals surface area contributed by atoms with E-state index < -0.39 is 5.97 Å². The number of benzene rings is 1. The molecule has 1 aromatic rings. The van der Waals surface area contributed by atoms with Crippen molar-refractivity contribution in [1.29, 1.82) is 0 Å². The van der Waals surface area contributed by atoms with Crippen LogP contribution in [0.2, 0.25) is 0 Å². The van der Waals surface area contributed by atoms with Crippen LogP contribution in [0, 0.1) is 23.7 Å². The molecule has 7 heteroatoms. The molecule has 2 N–H and O–H groups in total. The number of rotatable bonds is 14. The van der Waals surface area contributed by atoms with Crippen LogP contribution >= 0.6 is 0 Å². The Kier molecular flexibility index (Phi) is 12.3. The summed E-state index contributed by atoms with van der Waals surface area (Å²) in [6.07, 6.45) is 10.1. The lowest BCUT2D eigenvalue weighted by atomic mass is 9.83. The molecular weight excluding hydrogens is 522 g/mol. The van der Waals surface area contributed by atoms with E-state index >= 15 is 0 Å². The van der Waals surface area contributed by atoms with Crippen LogP contribution in [0.25, 0.3) is 0 Å². The first kappa shape index (κ1) is 32.5. The smallest absolute Gasteiger partial charge is 0.321 e. The molecule has 4 unspecified atom stereocenters. The standard InChI is InChI=1S/C35H57N5O2/c1-6-20-40(28(5)36-37-33(26(3)7-2)29-14-10-8-11-15-29)32-18-21-38(22-19-32)24-31-25-39(23-27(31)4)34(35(41)42)30-16-12-9-13-17-30/h8,10-11,14-15,26-27,30-32,34,36H,5-7,9,12-13,16-25H2,1-4H3,(H,41,42)/b37-33+. The summed E-state index contributed by atoms with van der Waals surface area (Å²) in [5, 5.41) is 15.0. The van der Waals surface area contributed by atoms with Gasteiger partial charge in [0, 0.05) is 51.2 Å². The van der Waals surface area contributed by atoms with Gasteiger partial charge >= 0.3 is 5.97 Å². The second kappa shape index (κ2) is 15.9. The summed E-state index contributed by atoms with van der Waals surface area (Å²) in [6.45, 7) is 19.5. The van der Waals surface area contributed by atoms with Crippen molar-refractivity contribution < 1.29 is 9.90 Å². The van der Waals surface area contributed by atoms with Crippen molar-refractivity contribution in [2.75, 3.05) is 39.3 Å². The van der Waals surface area contributed by atoms with E-state index in [0.29, 0.717) is 29.7 Å². The lowest BCUT2D eigenvalue weighted by Crippen LogP contribution is -2.48. The van der Waals surface area contributed by atoms with Crippen LogP contribution in [-0.2, 0) is 4.79 Å². The second-order valence-electron chi connectivity index (χ2n) is 13.3. The fourth-order valence-corrected chi connectivity index (χ4v) is 7.62. The largest absolute Gasteiger partial charge is 0.480 e. The predicted molar refractivity (Wildman–Crippen MR) is 173 cm³/mol. The SMILES string of the molecule is C=C(N/N=C(/c1ccccc1)C(C)CC)N(CCC)C1CCN(CC2CN(C(C(=O)O)C3CCCCC3)CC2C)CC1. The molecule has 7 nitrogen and oxygen atoms in total. The molecule has 4 rings (SSSR count). The van der Waals surface area contributed by atoms with Gasteiger partial charge < -0.3 is 14.9 Å². The molecule has 2 heterocycles. The second-order valence-corrected chi connectivity index (χ2v) is 13.3. The van der Waals surface area contributed by atoms with Gasteiger partial charge in [-0.25, -0.2) is 0 Å². The van der Waals surface area contributed by atoms with Crippen molar-refractivity contribution in [2.45, 2.75) is 97.6 Å². The highest BCUT2D eigenvalue weighted by Gasteiger charge is 2.41. The zero-order chi connectivity index (χ0) is 30.1. The van der Waals surface area contributed by atoms with E-state index in [1.165, 1.54) is 19.3 Å². The van der Waals surface area contributed by atoms with Gasteiger partial charge in [0.05, 0.1) is 5.71 Å². The summed E-state index contributed by atoms with van der Waals surface area (Å²) in [5.74, 6) is 2.05. The van der Waals surface area contributed by atoms with Crippen LogP contribution in [-0.4, -0.2) is 82.8 Å². The van der Waals surface area contributed by atoms with Gasteiger partial charge in [-0.3, -0.25) is 15.1 Å². The Morgan fingerprint density at radius 2 is 1.79 bits per heavy atom. The van der Waals surface area contributed by atoms with Gasteiger partial charge in [0.2, 0.25) is 0 Å². The van der Waals surface area contributed by atoms with Crippen LogP contribution in [0.3, 0.4) is 0 Å². The van der Waals surface area contributed by atoms with Crippen molar-refractivity contribution in [3.8, 4) is 0 Å².